The number of benzene rings is 1. The Bertz CT molecular complexity index is 361. The van der Waals surface area contributed by atoms with Crippen molar-refractivity contribution >= 4 is 0 Å². The van der Waals surface area contributed by atoms with Crippen LogP contribution < -0.4 is 10.5 Å². The summed E-state index contributed by atoms with van der Waals surface area (Å²) in [6.45, 7) is 7.94. The molecule has 0 radical (unpaired) electrons. The van der Waals surface area contributed by atoms with Gasteiger partial charge >= 0.3 is 0 Å². The summed E-state index contributed by atoms with van der Waals surface area (Å²) in [7, 11) is 0. The molecule has 0 saturated carbocycles. The number of hydrogen-bond acceptors (Lipinski definition) is 3. The van der Waals surface area contributed by atoms with E-state index in [0.29, 0.717) is 0 Å². The van der Waals surface area contributed by atoms with Crippen LogP contribution in [0.25, 0.3) is 0 Å². The van der Waals surface area contributed by atoms with E-state index in [2.05, 4.69) is 0 Å². The highest BCUT2D eigenvalue weighted by molar-refractivity contribution is 5.46. The van der Waals surface area contributed by atoms with Crippen molar-refractivity contribution in [2.24, 2.45) is 5.73 Å². The topological polar surface area (TPSA) is 55.5 Å². The highest BCUT2D eigenvalue weighted by Crippen LogP contribution is 2.30. The first-order chi connectivity index (χ1) is 7.47. The molecule has 0 saturated heterocycles. The van der Waals surface area contributed by atoms with Crippen molar-refractivity contribution in [1.82, 2.24) is 0 Å². The Morgan fingerprint density at radius 1 is 1.31 bits per heavy atom. The predicted molar refractivity (Wildman–Crippen MR) is 65.7 cm³/mol. The first-order valence-electron chi connectivity index (χ1n) is 5.60. The molecule has 16 heavy (non-hydrogen) atoms. The number of aliphatic hydroxyl groups is 1. The van der Waals surface area contributed by atoms with Crippen molar-refractivity contribution in [2.45, 2.75) is 39.8 Å². The molecule has 0 aromatic heterocycles. The van der Waals surface area contributed by atoms with Gasteiger partial charge in [0.15, 0.2) is 0 Å². The number of ether oxygens (including phenoxy) is 1. The van der Waals surface area contributed by atoms with Crippen LogP contribution in [0.5, 0.6) is 5.75 Å². The van der Waals surface area contributed by atoms with Crippen molar-refractivity contribution in [1.29, 1.82) is 0 Å². The van der Waals surface area contributed by atoms with E-state index in [1.165, 1.54) is 5.56 Å². The molecule has 0 aliphatic carbocycles. The van der Waals surface area contributed by atoms with E-state index < -0.39 is 0 Å². The fourth-order valence-corrected chi connectivity index (χ4v) is 1.59. The monoisotopic (exact) mass is 223 g/mol. The smallest absolute Gasteiger partial charge is 0.127 e. The van der Waals surface area contributed by atoms with Gasteiger partial charge in [0.1, 0.15) is 5.75 Å². The fourth-order valence-electron chi connectivity index (χ4n) is 1.59. The highest BCUT2D eigenvalue weighted by Gasteiger charge is 2.15. The van der Waals surface area contributed by atoms with Gasteiger partial charge in [-0.05, 0) is 38.8 Å². The lowest BCUT2D eigenvalue weighted by atomic mass is 10.00. The van der Waals surface area contributed by atoms with Crippen LogP contribution in [0.3, 0.4) is 0 Å². The van der Waals surface area contributed by atoms with Crippen LogP contribution >= 0.6 is 0 Å². The summed E-state index contributed by atoms with van der Waals surface area (Å²) in [5, 5.41) is 9.13. The summed E-state index contributed by atoms with van der Waals surface area (Å²) in [6, 6.07) is 3.56. The van der Waals surface area contributed by atoms with Gasteiger partial charge in [0.2, 0.25) is 0 Å². The van der Waals surface area contributed by atoms with Crippen molar-refractivity contribution in [3.05, 3.63) is 28.8 Å². The van der Waals surface area contributed by atoms with Crippen LogP contribution in [0.4, 0.5) is 0 Å². The van der Waals surface area contributed by atoms with Gasteiger partial charge in [0.05, 0.1) is 18.8 Å². The van der Waals surface area contributed by atoms with Gasteiger partial charge in [-0.15, -0.1) is 0 Å². The van der Waals surface area contributed by atoms with Gasteiger partial charge in [0.25, 0.3) is 0 Å². The normalized spacial score (nSPS) is 12.9. The lowest BCUT2D eigenvalue weighted by Crippen LogP contribution is -2.18. The van der Waals surface area contributed by atoms with Crippen molar-refractivity contribution in [2.75, 3.05) is 6.61 Å². The second kappa shape index (κ2) is 5.32. The van der Waals surface area contributed by atoms with E-state index >= 15 is 0 Å². The van der Waals surface area contributed by atoms with Crippen LogP contribution in [0.15, 0.2) is 12.1 Å². The number of aliphatic hydroxyl groups excluding tert-OH is 1. The lowest BCUT2D eigenvalue weighted by molar-refractivity contribution is 0.228. The molecule has 0 fully saturated rings. The second-order valence-corrected chi connectivity index (χ2v) is 4.38. The summed E-state index contributed by atoms with van der Waals surface area (Å²) in [5.74, 6) is 0.816. The summed E-state index contributed by atoms with van der Waals surface area (Å²) in [4.78, 5) is 0. The Hall–Kier alpha value is -1.06. The Labute approximate surface area is 97.2 Å². The second-order valence-electron chi connectivity index (χ2n) is 4.38. The van der Waals surface area contributed by atoms with Crippen LogP contribution in [0.2, 0.25) is 0 Å². The number of nitrogens with two attached hydrogens (primary N) is 1. The third kappa shape index (κ3) is 2.74. The molecule has 1 aromatic carbocycles. The molecule has 1 unspecified atom stereocenters. The van der Waals surface area contributed by atoms with Crippen molar-refractivity contribution < 1.29 is 9.84 Å². The zero-order valence-corrected chi connectivity index (χ0v) is 10.4. The Balaban J connectivity index is 3.21. The Morgan fingerprint density at radius 2 is 1.94 bits per heavy atom. The number of aryl methyl sites for hydroxylation is 1. The molecule has 3 nitrogen and oxygen atoms in total. The maximum atomic E-state index is 9.13. The molecule has 3 heteroatoms. The van der Waals surface area contributed by atoms with Gasteiger partial charge in [-0.3, -0.25) is 0 Å². The van der Waals surface area contributed by atoms with Crippen LogP contribution in [-0.4, -0.2) is 17.8 Å². The summed E-state index contributed by atoms with van der Waals surface area (Å²) in [5.41, 5.74) is 9.00. The third-order valence-electron chi connectivity index (χ3n) is 2.66. The average molecular weight is 223 g/mol. The van der Waals surface area contributed by atoms with Crippen LogP contribution in [0, 0.1) is 13.8 Å². The van der Waals surface area contributed by atoms with E-state index in [-0.39, 0.29) is 18.8 Å². The Kier molecular flexibility index (Phi) is 4.33. The molecule has 0 spiro atoms. The van der Waals surface area contributed by atoms with Crippen LogP contribution in [0.1, 0.15) is 36.6 Å². The molecule has 0 heterocycles. The molecule has 90 valence electrons. The van der Waals surface area contributed by atoms with Gasteiger partial charge in [-0.2, -0.15) is 0 Å². The molecule has 1 aromatic rings. The molecule has 1 rings (SSSR count). The van der Waals surface area contributed by atoms with E-state index in [9.17, 15) is 0 Å². The van der Waals surface area contributed by atoms with E-state index in [0.717, 1.165) is 16.9 Å². The van der Waals surface area contributed by atoms with Gasteiger partial charge in [-0.25, -0.2) is 0 Å². The minimum absolute atomic E-state index is 0.0725. The summed E-state index contributed by atoms with van der Waals surface area (Å²) >= 11 is 0. The first-order valence-corrected chi connectivity index (χ1v) is 5.60. The van der Waals surface area contributed by atoms with Gasteiger partial charge < -0.3 is 15.6 Å². The molecular formula is C13H21NO2. The van der Waals surface area contributed by atoms with Crippen molar-refractivity contribution in [3.8, 4) is 5.75 Å². The Morgan fingerprint density at radius 3 is 2.44 bits per heavy atom. The molecule has 1 atom stereocenters. The van der Waals surface area contributed by atoms with E-state index in [1.807, 2.05) is 39.8 Å². The SMILES string of the molecule is Cc1ccc(C(N)CO)c(OC(C)C)c1C. The maximum Gasteiger partial charge on any atom is 0.127 e. The molecule has 0 bridgehead atoms. The molecular weight excluding hydrogens is 202 g/mol. The van der Waals surface area contributed by atoms with E-state index in [4.69, 9.17) is 15.6 Å². The minimum Gasteiger partial charge on any atom is -0.490 e. The van der Waals surface area contributed by atoms with E-state index in [1.54, 1.807) is 0 Å². The molecule has 0 aliphatic rings. The molecule has 0 aliphatic heterocycles. The van der Waals surface area contributed by atoms with Gasteiger partial charge in [-0.1, -0.05) is 12.1 Å². The fraction of sp³-hybridized carbons (Fsp3) is 0.538. The zero-order valence-electron chi connectivity index (χ0n) is 10.4. The standard InChI is InChI=1S/C13H21NO2/c1-8(2)16-13-10(4)9(3)5-6-11(13)12(14)7-15/h5-6,8,12,15H,7,14H2,1-4H3. The predicted octanol–water partition coefficient (Wildman–Crippen LogP) is 2.08. The molecule has 0 amide bonds. The van der Waals surface area contributed by atoms with Crippen molar-refractivity contribution in [3.63, 3.8) is 0 Å². The minimum atomic E-state index is -0.381. The lowest BCUT2D eigenvalue weighted by Gasteiger charge is -2.20. The first kappa shape index (κ1) is 13.0. The highest BCUT2D eigenvalue weighted by atomic mass is 16.5. The summed E-state index contributed by atoms with van der Waals surface area (Å²) in [6.07, 6.45) is 0.102. The number of rotatable bonds is 4. The third-order valence-corrected chi connectivity index (χ3v) is 2.66. The number of hydrogen-bond donors (Lipinski definition) is 2. The quantitative estimate of drug-likeness (QED) is 0.821. The van der Waals surface area contributed by atoms with Gasteiger partial charge in [0, 0.05) is 5.56 Å². The molecule has 3 N–H and O–H groups in total. The average Bonchev–Trinajstić information content (AvgIpc) is 2.23. The zero-order chi connectivity index (χ0) is 12.3. The summed E-state index contributed by atoms with van der Waals surface area (Å²) < 4.78 is 5.79. The largest absolute Gasteiger partial charge is 0.490 e. The maximum absolute atomic E-state index is 9.13. The van der Waals surface area contributed by atoms with Crippen LogP contribution in [-0.2, 0) is 0 Å².